The lowest BCUT2D eigenvalue weighted by molar-refractivity contribution is -0.112. The summed E-state index contributed by atoms with van der Waals surface area (Å²) in [5, 5.41) is 2.38. The lowest BCUT2D eigenvalue weighted by atomic mass is 9.52. The molecule has 0 spiro atoms. The molecular weight excluding hydrogens is 234 g/mol. The van der Waals surface area contributed by atoms with E-state index in [1.165, 1.54) is 64.5 Å². The summed E-state index contributed by atoms with van der Waals surface area (Å²) in [6.45, 7) is 2.45. The normalized spacial score (nSPS) is 47.2. The first-order valence-electron chi connectivity index (χ1n) is 8.37. The molecule has 5 rings (SSSR count). The van der Waals surface area contributed by atoms with Gasteiger partial charge in [0.1, 0.15) is 0 Å². The van der Waals surface area contributed by atoms with Crippen LogP contribution in [0.1, 0.15) is 51.4 Å². The fraction of sp³-hybridized carbons (Fsp3) is 1.00. The third-order valence-electron chi connectivity index (χ3n) is 6.64. The van der Waals surface area contributed by atoms with Gasteiger partial charge in [0.25, 0.3) is 0 Å². The van der Waals surface area contributed by atoms with E-state index in [1.807, 2.05) is 0 Å². The second-order valence-electron chi connectivity index (χ2n) is 8.08. The van der Waals surface area contributed by atoms with Gasteiger partial charge < -0.3 is 4.90 Å². The molecule has 0 amide bonds. The minimum Gasteiger partial charge on any atom is -0.306 e. The van der Waals surface area contributed by atoms with Gasteiger partial charge in [0.05, 0.1) is 0 Å². The van der Waals surface area contributed by atoms with Crippen LogP contribution in [0.3, 0.4) is 0 Å². The van der Waals surface area contributed by atoms with Gasteiger partial charge >= 0.3 is 0 Å². The van der Waals surface area contributed by atoms with Crippen molar-refractivity contribution < 1.29 is 0 Å². The van der Waals surface area contributed by atoms with Crippen molar-refractivity contribution in [3.63, 3.8) is 0 Å². The third kappa shape index (κ3) is 2.05. The van der Waals surface area contributed by atoms with E-state index in [0.29, 0.717) is 11.6 Å². The Kier molecular flexibility index (Phi) is 2.95. The molecule has 4 aliphatic carbocycles. The van der Waals surface area contributed by atoms with Gasteiger partial charge in [-0.2, -0.15) is 0 Å². The van der Waals surface area contributed by atoms with E-state index in [-0.39, 0.29) is 0 Å². The van der Waals surface area contributed by atoms with Gasteiger partial charge in [0, 0.05) is 11.6 Å². The van der Waals surface area contributed by atoms with E-state index in [2.05, 4.69) is 17.0 Å². The highest BCUT2D eigenvalue weighted by Gasteiger charge is 2.54. The van der Waals surface area contributed by atoms with E-state index in [1.54, 1.807) is 0 Å². The topological polar surface area (TPSA) is 32.5 Å². The molecule has 4 bridgehead atoms. The number of hydrogen-bond donors (Lipinski definition) is 1. The Morgan fingerprint density at radius 2 is 1.42 bits per heavy atom. The van der Waals surface area contributed by atoms with Gasteiger partial charge in [0.15, 0.2) is 0 Å². The lowest BCUT2D eigenvalue weighted by Gasteiger charge is -2.61. The molecule has 2 N–H and O–H groups in total. The average Bonchev–Trinajstić information content (AvgIpc) is 2.37. The van der Waals surface area contributed by atoms with E-state index in [9.17, 15) is 0 Å². The SMILES string of the molecule is CN1CCC(N(N)C23CC4CC(CC(C4)C2)C3)CC1. The standard InChI is InChI=1S/C16H29N3/c1-18-4-2-15(3-5-18)19(17)16-9-12-6-13(10-16)8-14(7-12)11-16/h12-15H,2-11,17H2,1H3. The molecule has 4 saturated carbocycles. The van der Waals surface area contributed by atoms with Crippen LogP contribution in [-0.4, -0.2) is 41.6 Å². The second kappa shape index (κ2) is 4.44. The Morgan fingerprint density at radius 3 is 1.89 bits per heavy atom. The predicted octanol–water partition coefficient (Wildman–Crippen LogP) is 2.23. The van der Waals surface area contributed by atoms with Crippen LogP contribution in [0.4, 0.5) is 0 Å². The molecule has 0 atom stereocenters. The van der Waals surface area contributed by atoms with Crippen LogP contribution in [0.5, 0.6) is 0 Å². The summed E-state index contributed by atoms with van der Waals surface area (Å²) < 4.78 is 0. The van der Waals surface area contributed by atoms with Crippen LogP contribution in [0.15, 0.2) is 0 Å². The maximum Gasteiger partial charge on any atom is 0.0362 e. The molecule has 0 aromatic carbocycles. The summed E-state index contributed by atoms with van der Waals surface area (Å²) >= 11 is 0. The molecule has 19 heavy (non-hydrogen) atoms. The molecule has 0 radical (unpaired) electrons. The maximum absolute atomic E-state index is 6.71. The summed E-state index contributed by atoms with van der Waals surface area (Å²) in [4.78, 5) is 2.45. The van der Waals surface area contributed by atoms with Crippen LogP contribution in [0, 0.1) is 17.8 Å². The molecule has 3 heteroatoms. The summed E-state index contributed by atoms with van der Waals surface area (Å²) in [5.41, 5.74) is 0.398. The van der Waals surface area contributed by atoms with E-state index in [4.69, 9.17) is 5.84 Å². The average molecular weight is 263 g/mol. The van der Waals surface area contributed by atoms with Crippen molar-refractivity contribution in [2.75, 3.05) is 20.1 Å². The van der Waals surface area contributed by atoms with Crippen LogP contribution in [0.2, 0.25) is 0 Å². The Bertz CT molecular complexity index is 311. The Hall–Kier alpha value is -0.120. The minimum absolute atomic E-state index is 0.398. The van der Waals surface area contributed by atoms with Crippen LogP contribution in [-0.2, 0) is 0 Å². The number of piperidine rings is 1. The van der Waals surface area contributed by atoms with Crippen molar-refractivity contribution >= 4 is 0 Å². The zero-order valence-electron chi connectivity index (χ0n) is 12.4. The molecule has 1 heterocycles. The van der Waals surface area contributed by atoms with Crippen molar-refractivity contribution in [3.8, 4) is 0 Å². The highest BCUT2D eigenvalue weighted by Crippen LogP contribution is 2.57. The monoisotopic (exact) mass is 263 g/mol. The molecule has 1 aliphatic heterocycles. The van der Waals surface area contributed by atoms with Crippen LogP contribution in [0.25, 0.3) is 0 Å². The fourth-order valence-corrected chi connectivity index (χ4v) is 6.04. The van der Waals surface area contributed by atoms with Crippen molar-refractivity contribution in [1.29, 1.82) is 0 Å². The summed E-state index contributed by atoms with van der Waals surface area (Å²) in [6.07, 6.45) is 11.3. The van der Waals surface area contributed by atoms with Crippen molar-refractivity contribution in [2.24, 2.45) is 23.6 Å². The number of nitrogens with two attached hydrogens (primary N) is 1. The molecule has 0 aromatic rings. The smallest absolute Gasteiger partial charge is 0.0362 e. The van der Waals surface area contributed by atoms with Crippen molar-refractivity contribution in [2.45, 2.75) is 62.9 Å². The molecule has 108 valence electrons. The zero-order chi connectivity index (χ0) is 13.0. The summed E-state index contributed by atoms with van der Waals surface area (Å²) in [6, 6.07) is 0.646. The van der Waals surface area contributed by atoms with Gasteiger partial charge in [-0.1, -0.05) is 0 Å². The Labute approximate surface area is 117 Å². The lowest BCUT2D eigenvalue weighted by Crippen LogP contribution is -2.66. The van der Waals surface area contributed by atoms with Crippen molar-refractivity contribution in [3.05, 3.63) is 0 Å². The number of hydrazine groups is 1. The molecule has 0 unspecified atom stereocenters. The molecule has 3 nitrogen and oxygen atoms in total. The molecule has 1 saturated heterocycles. The highest BCUT2D eigenvalue weighted by molar-refractivity contribution is 5.07. The summed E-state index contributed by atoms with van der Waals surface area (Å²) in [7, 11) is 2.24. The number of hydrogen-bond acceptors (Lipinski definition) is 3. The van der Waals surface area contributed by atoms with Gasteiger partial charge in [-0.05, 0) is 89.3 Å². The maximum atomic E-state index is 6.71. The third-order valence-corrected chi connectivity index (χ3v) is 6.64. The first-order valence-corrected chi connectivity index (χ1v) is 8.37. The van der Waals surface area contributed by atoms with Gasteiger partial charge in [-0.15, -0.1) is 0 Å². The van der Waals surface area contributed by atoms with Crippen LogP contribution >= 0.6 is 0 Å². The highest BCUT2D eigenvalue weighted by atomic mass is 15.5. The minimum atomic E-state index is 0.398. The molecule has 0 aromatic heterocycles. The quantitative estimate of drug-likeness (QED) is 0.612. The van der Waals surface area contributed by atoms with Crippen molar-refractivity contribution in [1.82, 2.24) is 9.91 Å². The first-order chi connectivity index (χ1) is 9.14. The zero-order valence-corrected chi connectivity index (χ0v) is 12.4. The molecular formula is C16H29N3. The number of rotatable bonds is 2. The Balaban J connectivity index is 1.51. The van der Waals surface area contributed by atoms with Gasteiger partial charge in [-0.3, -0.25) is 5.84 Å². The molecule has 5 fully saturated rings. The Morgan fingerprint density at radius 1 is 0.947 bits per heavy atom. The van der Waals surface area contributed by atoms with Gasteiger partial charge in [-0.25, -0.2) is 5.01 Å². The van der Waals surface area contributed by atoms with Gasteiger partial charge in [0.2, 0.25) is 0 Å². The predicted molar refractivity (Wildman–Crippen MR) is 77.4 cm³/mol. The van der Waals surface area contributed by atoms with E-state index >= 15 is 0 Å². The van der Waals surface area contributed by atoms with E-state index < -0.39 is 0 Å². The number of nitrogens with zero attached hydrogens (tertiary/aromatic N) is 2. The second-order valence-corrected chi connectivity index (χ2v) is 8.08. The molecule has 5 aliphatic rings. The number of likely N-dealkylation sites (tertiary alicyclic amines) is 1. The van der Waals surface area contributed by atoms with E-state index in [0.717, 1.165) is 17.8 Å². The first kappa shape index (κ1) is 12.6. The van der Waals surface area contributed by atoms with Crippen LogP contribution < -0.4 is 5.84 Å². The summed E-state index contributed by atoms with van der Waals surface area (Å²) in [5.74, 6) is 9.72. The fourth-order valence-electron chi connectivity index (χ4n) is 6.04. The largest absolute Gasteiger partial charge is 0.306 e.